The van der Waals surface area contributed by atoms with E-state index in [1.807, 2.05) is 36.7 Å². The van der Waals surface area contributed by atoms with Gasteiger partial charge in [0.25, 0.3) is 0 Å². The summed E-state index contributed by atoms with van der Waals surface area (Å²) in [6.07, 6.45) is 6.40. The first-order chi connectivity index (χ1) is 23.8. The highest BCUT2D eigenvalue weighted by atomic mass is 31.0. The quantitative estimate of drug-likeness (QED) is 0.170. The SMILES string of the molecule is CC1(C)C(c2cc3ccccc3n2P)C1c1cc2ccccc2n1P.CCC.CCC.c1ccc2[nH]ccc2c1.c1ccc2[nH]ccc2c1. The highest BCUT2D eigenvalue weighted by Gasteiger charge is 2.61. The van der Waals surface area contributed by atoms with Gasteiger partial charge in [-0.15, -0.1) is 0 Å². The lowest BCUT2D eigenvalue weighted by molar-refractivity contribution is 0.594. The van der Waals surface area contributed by atoms with Gasteiger partial charge in [-0.1, -0.05) is 127 Å². The van der Waals surface area contributed by atoms with Crippen LogP contribution in [0.25, 0.3) is 43.6 Å². The molecule has 1 aliphatic rings. The van der Waals surface area contributed by atoms with Crippen molar-refractivity contribution in [1.29, 1.82) is 0 Å². The highest BCUT2D eigenvalue weighted by Crippen LogP contribution is 2.70. The Kier molecular flexibility index (Phi) is 12.2. The van der Waals surface area contributed by atoms with Gasteiger partial charge in [0.15, 0.2) is 0 Å². The first kappa shape index (κ1) is 36.2. The van der Waals surface area contributed by atoms with Crippen molar-refractivity contribution in [3.05, 3.63) is 145 Å². The van der Waals surface area contributed by atoms with E-state index in [9.17, 15) is 0 Å². The molecule has 0 spiro atoms. The average Bonchev–Trinajstić information content (AvgIpc) is 3.73. The molecule has 4 aromatic carbocycles. The maximum absolute atomic E-state index is 3.12. The summed E-state index contributed by atoms with van der Waals surface area (Å²) in [7, 11) is 5.83. The van der Waals surface area contributed by atoms with Crippen molar-refractivity contribution in [2.75, 3.05) is 0 Å². The number of nitrogens with one attached hydrogen (secondary N) is 2. The van der Waals surface area contributed by atoms with E-state index in [1.54, 1.807) is 0 Å². The van der Waals surface area contributed by atoms with Crippen LogP contribution >= 0.6 is 18.8 Å². The van der Waals surface area contributed by atoms with Crippen molar-refractivity contribution in [3.63, 3.8) is 0 Å². The zero-order valence-corrected chi connectivity index (χ0v) is 32.1. The van der Waals surface area contributed by atoms with Crippen molar-refractivity contribution in [1.82, 2.24) is 18.6 Å². The lowest BCUT2D eigenvalue weighted by Gasteiger charge is -2.05. The molecular weight excluding hydrogens is 634 g/mol. The van der Waals surface area contributed by atoms with E-state index in [0.717, 1.165) is 0 Å². The van der Waals surface area contributed by atoms with E-state index >= 15 is 0 Å². The van der Waals surface area contributed by atoms with Gasteiger partial charge < -0.3 is 18.6 Å². The van der Waals surface area contributed by atoms with Crippen molar-refractivity contribution < 1.29 is 0 Å². The largest absolute Gasteiger partial charge is 0.361 e. The van der Waals surface area contributed by atoms with Crippen LogP contribution in [0.5, 0.6) is 0 Å². The molecule has 0 bridgehead atoms. The van der Waals surface area contributed by atoms with Gasteiger partial charge >= 0.3 is 0 Å². The number of hydrogen-bond donors (Lipinski definition) is 2. The van der Waals surface area contributed by atoms with Gasteiger partial charge in [0.05, 0.1) is 11.0 Å². The molecule has 49 heavy (non-hydrogen) atoms. The van der Waals surface area contributed by atoms with Gasteiger partial charge in [-0.05, 0) is 83.5 Å². The van der Waals surface area contributed by atoms with Crippen LogP contribution in [-0.2, 0) is 0 Å². The zero-order chi connectivity index (χ0) is 35.0. The van der Waals surface area contributed by atoms with E-state index in [2.05, 4.69) is 176 Å². The molecule has 8 aromatic rings. The van der Waals surface area contributed by atoms with Gasteiger partial charge in [-0.25, -0.2) is 0 Å². The van der Waals surface area contributed by atoms with Gasteiger partial charge in [0.1, 0.15) is 0 Å². The normalized spacial score (nSPS) is 15.7. The topological polar surface area (TPSA) is 41.4 Å². The first-order valence-electron chi connectivity index (χ1n) is 17.5. The molecule has 4 heterocycles. The van der Waals surface area contributed by atoms with Crippen molar-refractivity contribution in [2.45, 2.75) is 66.2 Å². The van der Waals surface area contributed by atoms with Crippen LogP contribution < -0.4 is 0 Å². The van der Waals surface area contributed by atoms with Crippen LogP contribution in [0.1, 0.15) is 77.6 Å². The molecule has 1 saturated carbocycles. The summed E-state index contributed by atoms with van der Waals surface area (Å²) in [6, 6.07) is 42.6. The Morgan fingerprint density at radius 1 is 0.510 bits per heavy atom. The average molecular weight is 687 g/mol. The lowest BCUT2D eigenvalue weighted by atomic mass is 10.1. The van der Waals surface area contributed by atoms with E-state index < -0.39 is 0 Å². The molecule has 254 valence electrons. The van der Waals surface area contributed by atoms with Crippen LogP contribution in [0.15, 0.2) is 134 Å². The Morgan fingerprint density at radius 3 is 1.18 bits per heavy atom. The van der Waals surface area contributed by atoms with Gasteiger partial charge in [0, 0.05) is 57.4 Å². The van der Waals surface area contributed by atoms with E-state index in [1.165, 1.54) is 67.8 Å². The first-order valence-corrected chi connectivity index (χ1v) is 18.5. The molecule has 4 nitrogen and oxygen atoms in total. The summed E-state index contributed by atoms with van der Waals surface area (Å²) in [5.74, 6) is 1.06. The Balaban J connectivity index is 0.000000159. The molecular formula is C43H52N4P2. The summed E-state index contributed by atoms with van der Waals surface area (Å²) < 4.78 is 4.61. The van der Waals surface area contributed by atoms with E-state index in [-0.39, 0.29) is 5.41 Å². The molecule has 2 N–H and O–H groups in total. The molecule has 0 radical (unpaired) electrons. The third-order valence-corrected chi connectivity index (χ3v) is 10.1. The summed E-state index contributed by atoms with van der Waals surface area (Å²) in [6.45, 7) is 13.3. The monoisotopic (exact) mass is 686 g/mol. The van der Waals surface area contributed by atoms with Gasteiger partial charge in [-0.3, -0.25) is 0 Å². The molecule has 1 aliphatic carbocycles. The number of H-pyrrole nitrogens is 2. The number of aromatic nitrogens is 4. The van der Waals surface area contributed by atoms with Crippen LogP contribution in [0.3, 0.4) is 0 Å². The number of aromatic amines is 2. The number of rotatable bonds is 2. The molecule has 0 amide bonds. The summed E-state index contributed by atoms with van der Waals surface area (Å²) in [5, 5.41) is 5.19. The maximum atomic E-state index is 3.12. The number of benzene rings is 4. The van der Waals surface area contributed by atoms with Crippen LogP contribution in [0, 0.1) is 5.41 Å². The van der Waals surface area contributed by atoms with Crippen LogP contribution in [0.2, 0.25) is 0 Å². The molecule has 0 aliphatic heterocycles. The molecule has 9 rings (SSSR count). The van der Waals surface area contributed by atoms with Crippen molar-refractivity contribution in [3.8, 4) is 0 Å². The van der Waals surface area contributed by atoms with Gasteiger partial charge in [0.2, 0.25) is 0 Å². The standard InChI is InChI=1S/C21H22N2P2.2C8H7N.2C3H8/c1-21(2)19(17-11-13-7-3-5-9-15(13)22(17)24)20(21)18-12-14-8-4-6-10-16(14)23(18)25;2*1-2-4-8-7(3-1)5-6-9-8;2*1-3-2/h3-12,19-20H,24-25H2,1-2H3;2*1-6,9H;2*3H2,1-2H3. The predicted molar refractivity (Wildman–Crippen MR) is 222 cm³/mol. The number of para-hydroxylation sites is 4. The van der Waals surface area contributed by atoms with Crippen molar-refractivity contribution in [2.24, 2.45) is 5.41 Å². The second-order valence-electron chi connectivity index (χ2n) is 13.3. The molecule has 4 unspecified atom stereocenters. The Bertz CT molecular complexity index is 2000. The summed E-state index contributed by atoms with van der Waals surface area (Å²) in [4.78, 5) is 6.24. The third kappa shape index (κ3) is 8.04. The zero-order valence-electron chi connectivity index (χ0n) is 29.8. The smallest absolute Gasteiger partial charge is 0.0511 e. The lowest BCUT2D eigenvalue weighted by Crippen LogP contribution is -1.93. The second-order valence-corrected chi connectivity index (χ2v) is 14.3. The minimum Gasteiger partial charge on any atom is -0.361 e. The highest BCUT2D eigenvalue weighted by molar-refractivity contribution is 7.15. The third-order valence-electron chi connectivity index (χ3n) is 8.95. The number of hydrogen-bond acceptors (Lipinski definition) is 0. The minimum atomic E-state index is 0.255. The minimum absolute atomic E-state index is 0.255. The fraction of sp³-hybridized carbons (Fsp3) is 0.256. The van der Waals surface area contributed by atoms with Crippen molar-refractivity contribution >= 4 is 62.4 Å². The fourth-order valence-electron chi connectivity index (χ4n) is 6.60. The Morgan fingerprint density at radius 2 is 0.837 bits per heavy atom. The van der Waals surface area contributed by atoms with Crippen LogP contribution in [-0.4, -0.2) is 18.6 Å². The molecule has 1 fully saturated rings. The number of nitrogens with zero attached hydrogens (tertiary/aromatic N) is 2. The molecule has 4 aromatic heterocycles. The Hall–Kier alpha value is -4.10. The molecule has 0 saturated heterocycles. The molecule has 6 heteroatoms. The van der Waals surface area contributed by atoms with E-state index in [0.29, 0.717) is 11.8 Å². The van der Waals surface area contributed by atoms with E-state index in [4.69, 9.17) is 0 Å². The van der Waals surface area contributed by atoms with Gasteiger partial charge in [-0.2, -0.15) is 0 Å². The summed E-state index contributed by atoms with van der Waals surface area (Å²) in [5.41, 5.74) is 8.07. The summed E-state index contributed by atoms with van der Waals surface area (Å²) >= 11 is 0. The fourth-order valence-corrected chi connectivity index (χ4v) is 7.55. The number of fused-ring (bicyclic) bond motifs is 4. The van der Waals surface area contributed by atoms with Crippen LogP contribution in [0.4, 0.5) is 0 Å². The Labute approximate surface area is 296 Å². The predicted octanol–water partition coefficient (Wildman–Crippen LogP) is 12.9. The second kappa shape index (κ2) is 16.5. The maximum Gasteiger partial charge on any atom is 0.0511 e. The molecule has 4 atom stereocenters.